The van der Waals surface area contributed by atoms with Gasteiger partial charge in [-0.05, 0) is 6.42 Å². The molecule has 2 saturated heterocycles. The standard InChI is InChI=1S/C19H29NO5/c1-2-3-4-8-11-22-19-15(20)16(21)17-14(24-19)12-23-18(25-17)13-9-6-5-7-10-13/h5-7,9-10,14-19,21H,2-4,8,11-12,20H2,1H3/t14-,15-,16-,17-,18-,19-/m1/s1. The predicted molar refractivity (Wildman–Crippen MR) is 92.7 cm³/mol. The molecular weight excluding hydrogens is 322 g/mol. The summed E-state index contributed by atoms with van der Waals surface area (Å²) in [6, 6.07) is 9.02. The second-order valence-corrected chi connectivity index (χ2v) is 6.72. The summed E-state index contributed by atoms with van der Waals surface area (Å²) in [7, 11) is 0. The molecule has 0 bridgehead atoms. The third-order valence-electron chi connectivity index (χ3n) is 4.76. The third-order valence-corrected chi connectivity index (χ3v) is 4.76. The zero-order chi connectivity index (χ0) is 17.6. The first-order valence-electron chi connectivity index (χ1n) is 9.23. The lowest BCUT2D eigenvalue weighted by atomic mass is 9.96. The smallest absolute Gasteiger partial charge is 0.184 e. The fourth-order valence-electron chi connectivity index (χ4n) is 3.27. The van der Waals surface area contributed by atoms with Gasteiger partial charge in [0.1, 0.15) is 18.3 Å². The van der Waals surface area contributed by atoms with E-state index in [4.69, 9.17) is 24.7 Å². The van der Waals surface area contributed by atoms with Crippen LogP contribution in [0.25, 0.3) is 0 Å². The molecule has 3 N–H and O–H groups in total. The number of hydrogen-bond acceptors (Lipinski definition) is 6. The minimum Gasteiger partial charge on any atom is -0.388 e. The molecule has 0 saturated carbocycles. The molecule has 0 radical (unpaired) electrons. The summed E-state index contributed by atoms with van der Waals surface area (Å²) in [6.07, 6.45) is 1.57. The van der Waals surface area contributed by atoms with Gasteiger partial charge in [-0.15, -0.1) is 0 Å². The fraction of sp³-hybridized carbons (Fsp3) is 0.684. The van der Waals surface area contributed by atoms with Crippen LogP contribution in [0.3, 0.4) is 0 Å². The lowest BCUT2D eigenvalue weighted by Gasteiger charge is -2.46. The molecule has 0 unspecified atom stereocenters. The van der Waals surface area contributed by atoms with Crippen LogP contribution < -0.4 is 5.73 Å². The number of unbranched alkanes of at least 4 members (excludes halogenated alkanes) is 3. The molecule has 140 valence electrons. The van der Waals surface area contributed by atoms with E-state index in [0.717, 1.165) is 18.4 Å². The first-order chi connectivity index (χ1) is 12.2. The van der Waals surface area contributed by atoms with Crippen molar-refractivity contribution in [3.8, 4) is 0 Å². The Balaban J connectivity index is 1.54. The summed E-state index contributed by atoms with van der Waals surface area (Å²) in [4.78, 5) is 0. The molecule has 0 aromatic heterocycles. The number of rotatable bonds is 7. The molecule has 0 spiro atoms. The molecular formula is C19H29NO5. The lowest BCUT2D eigenvalue weighted by Crippen LogP contribution is -2.65. The average Bonchev–Trinajstić information content (AvgIpc) is 2.66. The van der Waals surface area contributed by atoms with E-state index < -0.39 is 30.8 Å². The molecule has 0 amide bonds. The van der Waals surface area contributed by atoms with Gasteiger partial charge >= 0.3 is 0 Å². The molecule has 6 atom stereocenters. The predicted octanol–water partition coefficient (Wildman–Crippen LogP) is 2.11. The largest absolute Gasteiger partial charge is 0.388 e. The topological polar surface area (TPSA) is 83.2 Å². The van der Waals surface area contributed by atoms with Gasteiger partial charge in [0.05, 0.1) is 12.6 Å². The molecule has 2 aliphatic heterocycles. The van der Waals surface area contributed by atoms with E-state index in [0.29, 0.717) is 13.2 Å². The highest BCUT2D eigenvalue weighted by molar-refractivity contribution is 5.16. The number of aliphatic hydroxyl groups is 1. The van der Waals surface area contributed by atoms with Gasteiger partial charge in [0.25, 0.3) is 0 Å². The van der Waals surface area contributed by atoms with Gasteiger partial charge in [-0.2, -0.15) is 0 Å². The molecule has 0 aliphatic carbocycles. The van der Waals surface area contributed by atoms with E-state index in [1.165, 1.54) is 12.8 Å². The van der Waals surface area contributed by atoms with Crippen molar-refractivity contribution in [3.05, 3.63) is 35.9 Å². The van der Waals surface area contributed by atoms with Crippen molar-refractivity contribution in [1.29, 1.82) is 0 Å². The van der Waals surface area contributed by atoms with Crippen LogP contribution in [-0.4, -0.2) is 49.0 Å². The van der Waals surface area contributed by atoms with E-state index in [2.05, 4.69) is 6.92 Å². The van der Waals surface area contributed by atoms with Crippen molar-refractivity contribution < 1.29 is 24.1 Å². The molecule has 2 fully saturated rings. The highest BCUT2D eigenvalue weighted by atomic mass is 16.7. The summed E-state index contributed by atoms with van der Waals surface area (Å²) >= 11 is 0. The minimum absolute atomic E-state index is 0.337. The SMILES string of the molecule is CCCCCCO[C@@H]1O[C@@H]2CO[C@@H](c3ccccc3)O[C@H]2[C@H](O)[C@H]1N. The second kappa shape index (κ2) is 9.07. The monoisotopic (exact) mass is 351 g/mol. The summed E-state index contributed by atoms with van der Waals surface area (Å²) in [6.45, 7) is 3.09. The Hall–Kier alpha value is -1.02. The van der Waals surface area contributed by atoms with Crippen LogP contribution in [0.15, 0.2) is 30.3 Å². The minimum atomic E-state index is -0.852. The van der Waals surface area contributed by atoms with Crippen LogP contribution in [0.5, 0.6) is 0 Å². The zero-order valence-electron chi connectivity index (χ0n) is 14.8. The number of nitrogens with two attached hydrogens (primary N) is 1. The maximum absolute atomic E-state index is 10.6. The van der Waals surface area contributed by atoms with Crippen molar-refractivity contribution >= 4 is 0 Å². The van der Waals surface area contributed by atoms with E-state index in [-0.39, 0.29) is 6.10 Å². The van der Waals surface area contributed by atoms with Gasteiger partial charge in [-0.25, -0.2) is 0 Å². The summed E-state index contributed by atoms with van der Waals surface area (Å²) < 4.78 is 23.4. The van der Waals surface area contributed by atoms with Crippen LogP contribution >= 0.6 is 0 Å². The first-order valence-corrected chi connectivity index (χ1v) is 9.23. The van der Waals surface area contributed by atoms with Crippen molar-refractivity contribution in [2.45, 2.75) is 69.5 Å². The highest BCUT2D eigenvalue weighted by Crippen LogP contribution is 2.33. The number of aliphatic hydroxyl groups excluding tert-OH is 1. The van der Waals surface area contributed by atoms with Crippen LogP contribution in [0.2, 0.25) is 0 Å². The second-order valence-electron chi connectivity index (χ2n) is 6.72. The number of benzene rings is 1. The van der Waals surface area contributed by atoms with Crippen LogP contribution in [-0.2, 0) is 18.9 Å². The Morgan fingerprint density at radius 3 is 2.72 bits per heavy atom. The molecule has 1 aromatic rings. The molecule has 25 heavy (non-hydrogen) atoms. The quantitative estimate of drug-likeness (QED) is 0.732. The van der Waals surface area contributed by atoms with Crippen molar-refractivity contribution in [3.63, 3.8) is 0 Å². The Morgan fingerprint density at radius 1 is 1.16 bits per heavy atom. The lowest BCUT2D eigenvalue weighted by molar-refractivity contribution is -0.342. The molecule has 6 nitrogen and oxygen atoms in total. The van der Waals surface area contributed by atoms with E-state index in [9.17, 15) is 5.11 Å². The molecule has 2 aliphatic rings. The van der Waals surface area contributed by atoms with E-state index >= 15 is 0 Å². The third kappa shape index (κ3) is 4.58. The van der Waals surface area contributed by atoms with E-state index in [1.54, 1.807) is 0 Å². The molecule has 6 heteroatoms. The normalized spacial score (nSPS) is 35.3. The Labute approximate surface area is 149 Å². The van der Waals surface area contributed by atoms with Crippen LogP contribution in [0.1, 0.15) is 44.5 Å². The molecule has 2 heterocycles. The van der Waals surface area contributed by atoms with Gasteiger partial charge < -0.3 is 29.8 Å². The van der Waals surface area contributed by atoms with Gasteiger partial charge in [0, 0.05) is 12.2 Å². The number of ether oxygens (including phenoxy) is 4. The Morgan fingerprint density at radius 2 is 1.96 bits per heavy atom. The van der Waals surface area contributed by atoms with Gasteiger partial charge in [0.2, 0.25) is 0 Å². The summed E-state index contributed by atoms with van der Waals surface area (Å²) in [5.41, 5.74) is 7.05. The maximum Gasteiger partial charge on any atom is 0.184 e. The van der Waals surface area contributed by atoms with Gasteiger partial charge in [-0.1, -0.05) is 56.5 Å². The van der Waals surface area contributed by atoms with Crippen molar-refractivity contribution in [2.24, 2.45) is 5.73 Å². The molecule has 3 rings (SSSR count). The Bertz CT molecular complexity index is 512. The van der Waals surface area contributed by atoms with Crippen LogP contribution in [0.4, 0.5) is 0 Å². The number of fused-ring (bicyclic) bond motifs is 1. The summed E-state index contributed by atoms with van der Waals surface area (Å²) in [5.74, 6) is 0. The van der Waals surface area contributed by atoms with Crippen molar-refractivity contribution in [2.75, 3.05) is 13.2 Å². The first kappa shape index (κ1) is 18.8. The molecule has 1 aromatic carbocycles. The number of hydrogen-bond donors (Lipinski definition) is 2. The average molecular weight is 351 g/mol. The zero-order valence-corrected chi connectivity index (χ0v) is 14.8. The van der Waals surface area contributed by atoms with Gasteiger partial charge in [-0.3, -0.25) is 0 Å². The van der Waals surface area contributed by atoms with Crippen LogP contribution in [0, 0.1) is 0 Å². The summed E-state index contributed by atoms with van der Waals surface area (Å²) in [5, 5.41) is 10.6. The van der Waals surface area contributed by atoms with Crippen molar-refractivity contribution in [1.82, 2.24) is 0 Å². The van der Waals surface area contributed by atoms with Gasteiger partial charge in [0.15, 0.2) is 12.6 Å². The maximum atomic E-state index is 10.6. The van der Waals surface area contributed by atoms with E-state index in [1.807, 2.05) is 30.3 Å². The highest BCUT2D eigenvalue weighted by Gasteiger charge is 2.48. The Kier molecular flexibility index (Phi) is 6.81. The fourth-order valence-corrected chi connectivity index (χ4v) is 3.27.